The van der Waals surface area contributed by atoms with Gasteiger partial charge in [0.25, 0.3) is 0 Å². The van der Waals surface area contributed by atoms with Crippen molar-refractivity contribution in [3.63, 3.8) is 0 Å². The number of aryl methyl sites for hydroxylation is 2. The van der Waals surface area contributed by atoms with Crippen LogP contribution < -0.4 is 5.32 Å². The number of halogens is 2. The number of carbonyl (C=O) groups is 1. The van der Waals surface area contributed by atoms with E-state index in [1.165, 1.54) is 24.0 Å². The summed E-state index contributed by atoms with van der Waals surface area (Å²) in [6.45, 7) is 5.91. The van der Waals surface area contributed by atoms with Gasteiger partial charge in [0.1, 0.15) is 0 Å². The van der Waals surface area contributed by atoms with E-state index in [0.29, 0.717) is 10.0 Å². The van der Waals surface area contributed by atoms with Gasteiger partial charge in [-0.15, -0.1) is 0 Å². The van der Waals surface area contributed by atoms with Crippen molar-refractivity contribution in [1.82, 2.24) is 14.5 Å². The van der Waals surface area contributed by atoms with Gasteiger partial charge in [0.05, 0.1) is 21.0 Å². The lowest BCUT2D eigenvalue weighted by Gasteiger charge is -2.15. The molecule has 27 heavy (non-hydrogen) atoms. The zero-order valence-corrected chi connectivity index (χ0v) is 17.4. The van der Waals surface area contributed by atoms with Crippen molar-refractivity contribution in [3.8, 4) is 5.69 Å². The number of pyridine rings is 1. The topological polar surface area (TPSA) is 59.8 Å². The van der Waals surface area contributed by atoms with Crippen LogP contribution >= 0.6 is 35.0 Å². The van der Waals surface area contributed by atoms with Crippen molar-refractivity contribution in [2.75, 3.05) is 5.32 Å². The molecule has 0 bridgehead atoms. The molecule has 2 aromatic heterocycles. The molecular formula is C19H18Cl2N4OS. The summed E-state index contributed by atoms with van der Waals surface area (Å²) in [4.78, 5) is 21.0. The van der Waals surface area contributed by atoms with Crippen LogP contribution in [-0.4, -0.2) is 25.7 Å². The maximum Gasteiger partial charge on any atom is 0.238 e. The summed E-state index contributed by atoms with van der Waals surface area (Å²) in [5.74, 6) is 0.0728. The van der Waals surface area contributed by atoms with Crippen LogP contribution in [0, 0.1) is 13.8 Å². The van der Waals surface area contributed by atoms with Crippen LogP contribution in [0.1, 0.15) is 18.1 Å². The molecule has 1 unspecified atom stereocenters. The molecule has 0 spiro atoms. The zero-order valence-electron chi connectivity index (χ0n) is 15.0. The molecule has 0 saturated carbocycles. The lowest BCUT2D eigenvalue weighted by atomic mass is 10.1. The number of carbonyl (C=O) groups excluding carboxylic acids is 1. The third-order valence-electron chi connectivity index (χ3n) is 3.93. The predicted molar refractivity (Wildman–Crippen MR) is 111 cm³/mol. The molecular weight excluding hydrogens is 403 g/mol. The molecule has 0 fully saturated rings. The number of nitrogens with one attached hydrogen (secondary N) is 1. The van der Waals surface area contributed by atoms with E-state index < -0.39 is 5.25 Å². The first kappa shape index (κ1) is 19.7. The summed E-state index contributed by atoms with van der Waals surface area (Å²) in [7, 11) is 0. The van der Waals surface area contributed by atoms with E-state index in [-0.39, 0.29) is 11.7 Å². The second-order valence-corrected chi connectivity index (χ2v) is 8.25. The Balaban J connectivity index is 1.77. The molecule has 1 amide bonds. The van der Waals surface area contributed by atoms with Crippen molar-refractivity contribution in [1.29, 1.82) is 0 Å². The summed E-state index contributed by atoms with van der Waals surface area (Å²) < 4.78 is 1.99. The molecule has 0 aliphatic heterocycles. The Morgan fingerprint density at radius 3 is 2.74 bits per heavy atom. The van der Waals surface area contributed by atoms with Gasteiger partial charge in [-0.2, -0.15) is 0 Å². The fourth-order valence-electron chi connectivity index (χ4n) is 2.48. The number of anilines is 1. The van der Waals surface area contributed by atoms with E-state index in [1.807, 2.05) is 31.5 Å². The van der Waals surface area contributed by atoms with Gasteiger partial charge in [-0.3, -0.25) is 9.36 Å². The van der Waals surface area contributed by atoms with Crippen molar-refractivity contribution in [3.05, 3.63) is 64.0 Å². The maximum absolute atomic E-state index is 12.5. The van der Waals surface area contributed by atoms with E-state index in [4.69, 9.17) is 23.2 Å². The molecule has 140 valence electrons. The van der Waals surface area contributed by atoms with Gasteiger partial charge in [0, 0.05) is 18.6 Å². The second kappa shape index (κ2) is 8.33. The Morgan fingerprint density at radius 1 is 1.22 bits per heavy atom. The molecule has 1 aromatic carbocycles. The first-order valence-electron chi connectivity index (χ1n) is 8.24. The van der Waals surface area contributed by atoms with Gasteiger partial charge in [0.2, 0.25) is 5.91 Å². The van der Waals surface area contributed by atoms with Crippen LogP contribution in [0.15, 0.2) is 48.0 Å². The molecule has 3 aromatic rings. The van der Waals surface area contributed by atoms with Crippen molar-refractivity contribution < 1.29 is 4.79 Å². The van der Waals surface area contributed by atoms with Gasteiger partial charge >= 0.3 is 0 Å². The highest BCUT2D eigenvalue weighted by atomic mass is 35.5. The Bertz CT molecular complexity index is 990. The minimum atomic E-state index is -0.398. The molecule has 1 atom stereocenters. The summed E-state index contributed by atoms with van der Waals surface area (Å²) in [5.41, 5.74) is 3.34. The monoisotopic (exact) mass is 420 g/mol. The number of thioether (sulfide) groups is 1. The fraction of sp³-hybridized carbons (Fsp3) is 0.211. The number of amides is 1. The third kappa shape index (κ3) is 4.64. The van der Waals surface area contributed by atoms with E-state index in [0.717, 1.165) is 22.0 Å². The van der Waals surface area contributed by atoms with E-state index >= 15 is 0 Å². The number of nitrogens with zero attached hydrogens (tertiary/aromatic N) is 3. The molecule has 0 saturated heterocycles. The number of aromatic nitrogens is 3. The highest BCUT2D eigenvalue weighted by Crippen LogP contribution is 2.28. The minimum Gasteiger partial charge on any atom is -0.308 e. The van der Waals surface area contributed by atoms with E-state index in [2.05, 4.69) is 33.5 Å². The van der Waals surface area contributed by atoms with Crippen LogP contribution in [0.25, 0.3) is 5.69 Å². The smallest absolute Gasteiger partial charge is 0.238 e. The lowest BCUT2D eigenvalue weighted by Crippen LogP contribution is -2.23. The number of rotatable bonds is 5. The molecule has 0 aliphatic carbocycles. The average Bonchev–Trinajstić information content (AvgIpc) is 3.07. The number of hydrogen-bond donors (Lipinski definition) is 1. The molecule has 1 N–H and O–H groups in total. The van der Waals surface area contributed by atoms with Gasteiger partial charge in [0.15, 0.2) is 11.0 Å². The molecule has 0 aliphatic rings. The predicted octanol–water partition coefficient (Wildman–Crippen LogP) is 5.31. The lowest BCUT2D eigenvalue weighted by molar-refractivity contribution is -0.115. The number of hydrogen-bond acceptors (Lipinski definition) is 4. The Hall–Kier alpha value is -2.02. The molecule has 5 nitrogen and oxygen atoms in total. The first-order valence-corrected chi connectivity index (χ1v) is 9.88. The van der Waals surface area contributed by atoms with Crippen LogP contribution in [0.3, 0.4) is 0 Å². The van der Waals surface area contributed by atoms with Crippen LogP contribution in [-0.2, 0) is 4.79 Å². The van der Waals surface area contributed by atoms with Gasteiger partial charge in [-0.25, -0.2) is 9.97 Å². The summed E-state index contributed by atoms with van der Waals surface area (Å²) in [5, 5.41) is 3.78. The van der Waals surface area contributed by atoms with Gasteiger partial charge in [-0.05, 0) is 44.0 Å². The van der Waals surface area contributed by atoms with Crippen LogP contribution in [0.4, 0.5) is 5.82 Å². The van der Waals surface area contributed by atoms with Crippen molar-refractivity contribution in [2.45, 2.75) is 31.2 Å². The van der Waals surface area contributed by atoms with Crippen molar-refractivity contribution >= 4 is 46.7 Å². The largest absolute Gasteiger partial charge is 0.308 e. The summed E-state index contributed by atoms with van der Waals surface area (Å²) in [6, 6.07) is 7.78. The molecule has 0 radical (unpaired) electrons. The van der Waals surface area contributed by atoms with Crippen LogP contribution in [0.2, 0.25) is 10.0 Å². The highest BCUT2D eigenvalue weighted by Gasteiger charge is 2.20. The zero-order chi connectivity index (χ0) is 19.6. The third-order valence-corrected chi connectivity index (χ3v) is 5.51. The fourth-order valence-corrected chi connectivity index (χ4v) is 3.78. The van der Waals surface area contributed by atoms with E-state index in [9.17, 15) is 4.79 Å². The maximum atomic E-state index is 12.5. The second-order valence-electron chi connectivity index (χ2n) is 6.10. The van der Waals surface area contributed by atoms with Crippen molar-refractivity contribution in [2.24, 2.45) is 0 Å². The normalized spacial score (nSPS) is 12.0. The SMILES string of the molecule is Cc1ccc(C)c(-n2ccnc2SC(C)C(=O)Nc2ncc(Cl)cc2Cl)c1. The van der Waals surface area contributed by atoms with Gasteiger partial charge < -0.3 is 5.32 Å². The summed E-state index contributed by atoms with van der Waals surface area (Å²) in [6.07, 6.45) is 5.06. The first-order chi connectivity index (χ1) is 12.8. The molecule has 8 heteroatoms. The molecule has 3 rings (SSSR count). The van der Waals surface area contributed by atoms with Crippen LogP contribution in [0.5, 0.6) is 0 Å². The Morgan fingerprint density at radius 2 is 2.00 bits per heavy atom. The standard InChI is InChI=1S/C19H18Cl2N4OS/c1-11-4-5-12(2)16(8-11)25-7-6-22-19(25)27-13(3)18(26)24-17-15(21)9-14(20)10-23-17/h4-10,13H,1-3H3,(H,23,24,26). The Labute approximate surface area is 172 Å². The average molecular weight is 421 g/mol. The number of imidazole rings is 1. The Kier molecular flexibility index (Phi) is 6.09. The quantitative estimate of drug-likeness (QED) is 0.568. The number of benzene rings is 1. The highest BCUT2D eigenvalue weighted by molar-refractivity contribution is 8.00. The molecule has 2 heterocycles. The summed E-state index contributed by atoms with van der Waals surface area (Å²) >= 11 is 13.3. The van der Waals surface area contributed by atoms with E-state index in [1.54, 1.807) is 6.20 Å². The minimum absolute atomic E-state index is 0.216. The van der Waals surface area contributed by atoms with Gasteiger partial charge in [-0.1, -0.05) is 47.1 Å².